The van der Waals surface area contributed by atoms with Crippen molar-refractivity contribution in [3.63, 3.8) is 0 Å². The number of aliphatic carboxylic acids is 1. The number of nitrogens with one attached hydrogen (secondary N) is 2. The second-order valence-corrected chi connectivity index (χ2v) is 7.81. The fourth-order valence-corrected chi connectivity index (χ4v) is 4.55. The number of ether oxygens (including phenoxy) is 1. The first-order chi connectivity index (χ1) is 12.8. The number of rotatable bonds is 5. The molecule has 0 saturated heterocycles. The number of hydrogen-bond donors (Lipinski definition) is 3. The van der Waals surface area contributed by atoms with Crippen LogP contribution in [0.1, 0.15) is 31.7 Å². The van der Waals surface area contributed by atoms with Gasteiger partial charge in [0.2, 0.25) is 5.91 Å². The van der Waals surface area contributed by atoms with Crippen LogP contribution in [0.4, 0.5) is 0 Å². The minimum Gasteiger partial charge on any atom is -0.481 e. The molecule has 27 heavy (non-hydrogen) atoms. The summed E-state index contributed by atoms with van der Waals surface area (Å²) >= 11 is 5.90. The molecule has 3 rings (SSSR count). The van der Waals surface area contributed by atoms with Crippen LogP contribution in [0, 0.1) is 30.6 Å². The fraction of sp³-hybridized carbons (Fsp3) is 0.526. The highest BCUT2D eigenvalue weighted by Crippen LogP contribution is 2.52. The summed E-state index contributed by atoms with van der Waals surface area (Å²) in [7, 11) is 0. The Morgan fingerprint density at radius 1 is 1.19 bits per heavy atom. The van der Waals surface area contributed by atoms with E-state index in [1.165, 1.54) is 0 Å². The number of carbonyl (C=O) groups is 3. The summed E-state index contributed by atoms with van der Waals surface area (Å²) in [5, 5.41) is 10.0. The number of carboxylic acid groups (broad SMARTS) is 1. The van der Waals surface area contributed by atoms with E-state index in [1.54, 1.807) is 25.1 Å². The Bertz CT molecular complexity index is 768. The van der Waals surface area contributed by atoms with Crippen LogP contribution in [0.5, 0.6) is 5.75 Å². The van der Waals surface area contributed by atoms with Gasteiger partial charge in [0.05, 0.1) is 11.8 Å². The molecule has 2 amide bonds. The molecule has 0 heterocycles. The van der Waals surface area contributed by atoms with Gasteiger partial charge in [-0.05, 0) is 68.7 Å². The molecule has 0 aliphatic heterocycles. The van der Waals surface area contributed by atoms with Crippen LogP contribution in [0.2, 0.25) is 5.02 Å². The number of amides is 2. The number of hydrogen-bond acceptors (Lipinski definition) is 4. The third kappa shape index (κ3) is 4.03. The van der Waals surface area contributed by atoms with Crippen molar-refractivity contribution in [2.24, 2.45) is 23.7 Å². The Morgan fingerprint density at radius 3 is 2.48 bits per heavy atom. The largest absolute Gasteiger partial charge is 0.481 e. The molecule has 1 aromatic rings. The molecule has 0 aromatic heterocycles. The van der Waals surface area contributed by atoms with Crippen LogP contribution >= 0.6 is 11.6 Å². The maximum atomic E-state index is 12.5. The Labute approximate surface area is 162 Å². The number of carbonyl (C=O) groups excluding carboxylic acids is 2. The lowest BCUT2D eigenvalue weighted by atomic mass is 9.79. The smallest absolute Gasteiger partial charge is 0.307 e. The predicted octanol–water partition coefficient (Wildman–Crippen LogP) is 2.31. The lowest BCUT2D eigenvalue weighted by molar-refractivity contribution is -0.150. The van der Waals surface area contributed by atoms with E-state index < -0.39 is 35.7 Å². The Balaban J connectivity index is 1.55. The number of carboxylic acids is 1. The summed E-state index contributed by atoms with van der Waals surface area (Å²) in [4.78, 5) is 36.2. The van der Waals surface area contributed by atoms with E-state index in [0.717, 1.165) is 24.8 Å². The first-order valence-corrected chi connectivity index (χ1v) is 9.41. The van der Waals surface area contributed by atoms with Crippen LogP contribution in [0.15, 0.2) is 18.2 Å². The van der Waals surface area contributed by atoms with Gasteiger partial charge in [-0.15, -0.1) is 0 Å². The number of fused-ring (bicyclic) bond motifs is 2. The van der Waals surface area contributed by atoms with E-state index in [2.05, 4.69) is 10.9 Å². The summed E-state index contributed by atoms with van der Waals surface area (Å²) in [6.07, 6.45) is 1.62. The second kappa shape index (κ2) is 7.76. The first-order valence-electron chi connectivity index (χ1n) is 9.03. The Morgan fingerprint density at radius 2 is 1.85 bits per heavy atom. The van der Waals surface area contributed by atoms with E-state index in [9.17, 15) is 19.5 Å². The molecule has 3 N–H and O–H groups in total. The molecular weight excluding hydrogens is 372 g/mol. The summed E-state index contributed by atoms with van der Waals surface area (Å²) < 4.78 is 5.61. The number of benzene rings is 1. The Kier molecular flexibility index (Phi) is 5.60. The third-order valence-corrected chi connectivity index (χ3v) is 5.86. The number of aryl methyl sites for hydroxylation is 1. The van der Waals surface area contributed by atoms with Crippen molar-refractivity contribution in [3.05, 3.63) is 28.8 Å². The van der Waals surface area contributed by atoms with E-state index in [0.29, 0.717) is 10.8 Å². The maximum Gasteiger partial charge on any atom is 0.307 e. The van der Waals surface area contributed by atoms with E-state index >= 15 is 0 Å². The van der Waals surface area contributed by atoms with Gasteiger partial charge in [-0.25, -0.2) is 0 Å². The van der Waals surface area contributed by atoms with Gasteiger partial charge in [0.25, 0.3) is 5.91 Å². The predicted molar refractivity (Wildman–Crippen MR) is 98.0 cm³/mol. The van der Waals surface area contributed by atoms with Gasteiger partial charge in [-0.2, -0.15) is 0 Å². The molecule has 1 aromatic carbocycles. The van der Waals surface area contributed by atoms with Crippen molar-refractivity contribution in [3.8, 4) is 5.75 Å². The quantitative estimate of drug-likeness (QED) is 0.665. The molecule has 2 aliphatic rings. The minimum atomic E-state index is -0.941. The molecule has 2 saturated carbocycles. The molecule has 0 spiro atoms. The maximum absolute atomic E-state index is 12.5. The zero-order chi connectivity index (χ0) is 19.7. The van der Waals surface area contributed by atoms with Crippen LogP contribution < -0.4 is 15.6 Å². The van der Waals surface area contributed by atoms with Crippen LogP contribution in [0.25, 0.3) is 0 Å². The van der Waals surface area contributed by atoms with Gasteiger partial charge in [0.1, 0.15) is 5.75 Å². The van der Waals surface area contributed by atoms with E-state index in [4.69, 9.17) is 16.3 Å². The van der Waals surface area contributed by atoms with E-state index in [-0.39, 0.29) is 11.8 Å². The summed E-state index contributed by atoms with van der Waals surface area (Å²) in [5.74, 6) is -2.55. The zero-order valence-electron chi connectivity index (χ0n) is 15.2. The SMILES string of the molecule is Cc1cc(Cl)ccc1O[C@@H](C)C(=O)NNC(=O)[C@@H]1[C@@H]2CC[C@@H](C2)[C@@H]1C(=O)O. The zero-order valence-corrected chi connectivity index (χ0v) is 16.0. The molecule has 8 heteroatoms. The number of hydrazine groups is 1. The minimum absolute atomic E-state index is 0.0501. The highest BCUT2D eigenvalue weighted by molar-refractivity contribution is 6.30. The van der Waals surface area contributed by atoms with Crippen molar-refractivity contribution in [1.29, 1.82) is 0 Å². The molecule has 146 valence electrons. The molecule has 2 fully saturated rings. The highest BCUT2D eigenvalue weighted by atomic mass is 35.5. The third-order valence-electron chi connectivity index (χ3n) is 5.62. The van der Waals surface area contributed by atoms with Crippen molar-refractivity contribution in [2.45, 2.75) is 39.2 Å². The summed E-state index contributed by atoms with van der Waals surface area (Å²) in [6.45, 7) is 3.38. The topological polar surface area (TPSA) is 105 Å². The van der Waals surface area contributed by atoms with Crippen molar-refractivity contribution >= 4 is 29.4 Å². The van der Waals surface area contributed by atoms with Gasteiger partial charge in [-0.1, -0.05) is 11.6 Å². The highest BCUT2D eigenvalue weighted by Gasteiger charge is 2.54. The average molecular weight is 395 g/mol. The van der Waals surface area contributed by atoms with Gasteiger partial charge >= 0.3 is 5.97 Å². The second-order valence-electron chi connectivity index (χ2n) is 7.37. The number of halogens is 1. The first kappa shape index (κ1) is 19.5. The van der Waals surface area contributed by atoms with Crippen LogP contribution in [0.3, 0.4) is 0 Å². The van der Waals surface area contributed by atoms with Gasteiger partial charge < -0.3 is 9.84 Å². The Hall–Kier alpha value is -2.28. The van der Waals surface area contributed by atoms with Crippen LogP contribution in [-0.2, 0) is 14.4 Å². The standard InChI is InChI=1S/C19H23ClN2O5/c1-9-7-13(20)5-6-14(9)27-10(2)17(23)21-22-18(24)15-11-3-4-12(8-11)16(15)19(25)26/h5-7,10-12,15-16H,3-4,8H2,1-2H3,(H,21,23)(H,22,24)(H,25,26)/t10-,11+,12-,15+,16-/m0/s1. The van der Waals surface area contributed by atoms with Crippen molar-refractivity contribution < 1.29 is 24.2 Å². The van der Waals surface area contributed by atoms with E-state index in [1.807, 2.05) is 6.92 Å². The average Bonchev–Trinajstić information content (AvgIpc) is 3.22. The van der Waals surface area contributed by atoms with Gasteiger partial charge in [0.15, 0.2) is 6.10 Å². The lowest BCUT2D eigenvalue weighted by Crippen LogP contribution is -2.51. The van der Waals surface area contributed by atoms with Gasteiger partial charge in [-0.3, -0.25) is 25.2 Å². The van der Waals surface area contributed by atoms with Crippen LogP contribution in [-0.4, -0.2) is 29.0 Å². The molecule has 2 bridgehead atoms. The molecule has 2 aliphatic carbocycles. The molecular formula is C19H23ClN2O5. The molecule has 0 radical (unpaired) electrons. The fourth-order valence-electron chi connectivity index (χ4n) is 4.32. The van der Waals surface area contributed by atoms with Crippen molar-refractivity contribution in [1.82, 2.24) is 10.9 Å². The molecule has 0 unspecified atom stereocenters. The normalized spacial score (nSPS) is 27.1. The summed E-state index contributed by atoms with van der Waals surface area (Å²) in [5.41, 5.74) is 5.52. The monoisotopic (exact) mass is 394 g/mol. The van der Waals surface area contributed by atoms with Crippen molar-refractivity contribution in [2.75, 3.05) is 0 Å². The molecule has 5 atom stereocenters. The van der Waals surface area contributed by atoms with Gasteiger partial charge in [0, 0.05) is 5.02 Å². The lowest BCUT2D eigenvalue weighted by Gasteiger charge is -2.27. The summed E-state index contributed by atoms with van der Waals surface area (Å²) in [6, 6.07) is 5.06. The molecule has 7 nitrogen and oxygen atoms in total.